The first-order chi connectivity index (χ1) is 11.2. The first-order valence-electron chi connectivity index (χ1n) is 7.00. The molecule has 0 saturated carbocycles. The van der Waals surface area contributed by atoms with Gasteiger partial charge in [0.05, 0.1) is 6.04 Å². The van der Waals surface area contributed by atoms with Gasteiger partial charge in [-0.25, -0.2) is 9.97 Å². The zero-order valence-electron chi connectivity index (χ0n) is 12.4. The molecule has 0 fully saturated rings. The molecule has 3 aromatic rings. The Balaban J connectivity index is 1.70. The number of H-pyrrole nitrogens is 1. The number of thioether (sulfide) groups is 1. The summed E-state index contributed by atoms with van der Waals surface area (Å²) in [6.07, 6.45) is 3.21. The summed E-state index contributed by atoms with van der Waals surface area (Å²) in [4.78, 5) is 20.9. The van der Waals surface area contributed by atoms with E-state index in [0.29, 0.717) is 11.3 Å². The SMILES string of the molecule is CC(NC(=O)c1ccccc1CSc1ncn[nH]1)c1nccs1. The van der Waals surface area contributed by atoms with E-state index >= 15 is 0 Å². The highest BCUT2D eigenvalue weighted by atomic mass is 32.2. The van der Waals surface area contributed by atoms with E-state index in [2.05, 4.69) is 25.5 Å². The number of aromatic amines is 1. The molecule has 0 spiro atoms. The molecular weight excluding hydrogens is 330 g/mol. The number of thiazole rings is 1. The van der Waals surface area contributed by atoms with Gasteiger partial charge in [-0.3, -0.25) is 9.89 Å². The first kappa shape index (κ1) is 15.7. The van der Waals surface area contributed by atoms with Gasteiger partial charge in [0.1, 0.15) is 11.3 Å². The molecule has 0 bridgehead atoms. The number of nitrogens with one attached hydrogen (secondary N) is 2. The predicted octanol–water partition coefficient (Wildman–Crippen LogP) is 3.04. The fraction of sp³-hybridized carbons (Fsp3) is 0.200. The van der Waals surface area contributed by atoms with Crippen LogP contribution in [-0.2, 0) is 5.75 Å². The van der Waals surface area contributed by atoms with Crippen LogP contribution < -0.4 is 5.32 Å². The molecule has 2 N–H and O–H groups in total. The van der Waals surface area contributed by atoms with Crippen molar-refractivity contribution in [1.29, 1.82) is 0 Å². The van der Waals surface area contributed by atoms with Crippen LogP contribution in [0.1, 0.15) is 33.9 Å². The highest BCUT2D eigenvalue weighted by molar-refractivity contribution is 7.98. The molecule has 2 heterocycles. The van der Waals surface area contributed by atoms with E-state index in [0.717, 1.165) is 15.7 Å². The Kier molecular flexibility index (Phi) is 5.04. The maximum absolute atomic E-state index is 12.6. The van der Waals surface area contributed by atoms with Crippen molar-refractivity contribution in [3.63, 3.8) is 0 Å². The summed E-state index contributed by atoms with van der Waals surface area (Å²) in [5, 5.41) is 13.1. The Bertz CT molecular complexity index is 758. The van der Waals surface area contributed by atoms with Gasteiger partial charge in [0.15, 0.2) is 5.16 Å². The number of hydrogen-bond acceptors (Lipinski definition) is 6. The van der Waals surface area contributed by atoms with Crippen molar-refractivity contribution < 1.29 is 4.79 Å². The van der Waals surface area contributed by atoms with Crippen LogP contribution >= 0.6 is 23.1 Å². The van der Waals surface area contributed by atoms with Crippen molar-refractivity contribution >= 4 is 29.0 Å². The molecule has 0 aliphatic carbocycles. The van der Waals surface area contributed by atoms with Crippen LogP contribution in [0.2, 0.25) is 0 Å². The average Bonchev–Trinajstić information content (AvgIpc) is 3.26. The van der Waals surface area contributed by atoms with E-state index in [1.54, 1.807) is 6.20 Å². The van der Waals surface area contributed by atoms with E-state index in [1.165, 1.54) is 29.4 Å². The second-order valence-corrected chi connectivity index (χ2v) is 6.69. The molecule has 2 aromatic heterocycles. The number of aromatic nitrogens is 4. The minimum atomic E-state index is -0.113. The molecule has 1 atom stereocenters. The molecule has 0 aliphatic rings. The van der Waals surface area contributed by atoms with Crippen LogP contribution in [0.4, 0.5) is 0 Å². The number of nitrogens with zero attached hydrogens (tertiary/aromatic N) is 3. The van der Waals surface area contributed by atoms with Gasteiger partial charge in [0, 0.05) is 22.9 Å². The minimum absolute atomic E-state index is 0.0959. The van der Waals surface area contributed by atoms with Crippen LogP contribution in [0, 0.1) is 0 Å². The van der Waals surface area contributed by atoms with Crippen molar-refractivity contribution in [2.45, 2.75) is 23.9 Å². The Morgan fingerprint density at radius 3 is 3.00 bits per heavy atom. The van der Waals surface area contributed by atoms with Crippen LogP contribution in [0.3, 0.4) is 0 Å². The summed E-state index contributed by atoms with van der Waals surface area (Å²) >= 11 is 3.04. The number of hydrogen-bond donors (Lipinski definition) is 2. The zero-order valence-corrected chi connectivity index (χ0v) is 14.0. The Morgan fingerprint density at radius 2 is 2.26 bits per heavy atom. The van der Waals surface area contributed by atoms with Gasteiger partial charge in [0.2, 0.25) is 0 Å². The Hall–Kier alpha value is -2.19. The van der Waals surface area contributed by atoms with Gasteiger partial charge < -0.3 is 5.32 Å². The monoisotopic (exact) mass is 345 g/mol. The molecule has 1 amide bonds. The topological polar surface area (TPSA) is 83.6 Å². The third-order valence-corrected chi connectivity index (χ3v) is 5.07. The summed E-state index contributed by atoms with van der Waals surface area (Å²) in [7, 11) is 0. The van der Waals surface area contributed by atoms with Crippen LogP contribution in [0.25, 0.3) is 0 Å². The molecular formula is C15H15N5OS2. The number of carbonyl (C=O) groups excluding carboxylic acids is 1. The highest BCUT2D eigenvalue weighted by Crippen LogP contribution is 2.22. The molecule has 118 valence electrons. The molecule has 0 aliphatic heterocycles. The summed E-state index contributed by atoms with van der Waals surface area (Å²) in [5.41, 5.74) is 1.63. The van der Waals surface area contributed by atoms with Crippen molar-refractivity contribution in [3.05, 3.63) is 58.3 Å². The second kappa shape index (κ2) is 7.38. The van der Waals surface area contributed by atoms with Gasteiger partial charge in [0.25, 0.3) is 5.91 Å². The van der Waals surface area contributed by atoms with E-state index in [9.17, 15) is 4.79 Å². The van der Waals surface area contributed by atoms with Crippen molar-refractivity contribution in [1.82, 2.24) is 25.5 Å². The molecule has 1 unspecified atom stereocenters. The minimum Gasteiger partial charge on any atom is -0.343 e. The first-order valence-corrected chi connectivity index (χ1v) is 8.87. The highest BCUT2D eigenvalue weighted by Gasteiger charge is 2.16. The lowest BCUT2D eigenvalue weighted by molar-refractivity contribution is 0.0939. The van der Waals surface area contributed by atoms with Crippen molar-refractivity contribution in [2.24, 2.45) is 0 Å². The predicted molar refractivity (Wildman–Crippen MR) is 90.4 cm³/mol. The standard InChI is InChI=1S/C15H15N5OS2/c1-10(14-16-6-7-22-14)19-13(21)12-5-3-2-4-11(12)8-23-15-17-9-18-20-15/h2-7,9-10H,8H2,1H3,(H,19,21)(H,17,18,20). The van der Waals surface area contributed by atoms with Crippen LogP contribution in [0.5, 0.6) is 0 Å². The Labute approximate surface area is 141 Å². The molecule has 6 nitrogen and oxygen atoms in total. The lowest BCUT2D eigenvalue weighted by Gasteiger charge is -2.13. The summed E-state index contributed by atoms with van der Waals surface area (Å²) < 4.78 is 0. The zero-order chi connectivity index (χ0) is 16.1. The van der Waals surface area contributed by atoms with E-state index in [1.807, 2.05) is 36.6 Å². The largest absolute Gasteiger partial charge is 0.343 e. The smallest absolute Gasteiger partial charge is 0.252 e. The maximum atomic E-state index is 12.6. The molecule has 0 radical (unpaired) electrons. The van der Waals surface area contributed by atoms with E-state index in [-0.39, 0.29) is 11.9 Å². The molecule has 23 heavy (non-hydrogen) atoms. The average molecular weight is 345 g/mol. The van der Waals surface area contributed by atoms with Gasteiger partial charge in [-0.15, -0.1) is 11.3 Å². The van der Waals surface area contributed by atoms with Crippen molar-refractivity contribution in [3.8, 4) is 0 Å². The van der Waals surface area contributed by atoms with E-state index < -0.39 is 0 Å². The maximum Gasteiger partial charge on any atom is 0.252 e. The summed E-state index contributed by atoms with van der Waals surface area (Å²) in [5.74, 6) is 0.547. The quantitative estimate of drug-likeness (QED) is 0.671. The fourth-order valence-corrected chi connectivity index (χ4v) is 3.49. The summed E-state index contributed by atoms with van der Waals surface area (Å²) in [6.45, 7) is 1.93. The lowest BCUT2D eigenvalue weighted by Crippen LogP contribution is -2.27. The van der Waals surface area contributed by atoms with Crippen molar-refractivity contribution in [2.75, 3.05) is 0 Å². The molecule has 1 aromatic carbocycles. The number of rotatable bonds is 6. The second-order valence-electron chi connectivity index (χ2n) is 4.80. The van der Waals surface area contributed by atoms with Gasteiger partial charge in [-0.2, -0.15) is 5.10 Å². The number of benzene rings is 1. The molecule has 3 rings (SSSR count). The van der Waals surface area contributed by atoms with Gasteiger partial charge in [-0.05, 0) is 18.6 Å². The molecule has 0 saturated heterocycles. The van der Waals surface area contributed by atoms with Gasteiger partial charge in [-0.1, -0.05) is 30.0 Å². The third-order valence-electron chi connectivity index (χ3n) is 3.19. The van der Waals surface area contributed by atoms with Crippen LogP contribution in [0.15, 0.2) is 47.3 Å². The molecule has 8 heteroatoms. The Morgan fingerprint density at radius 1 is 1.39 bits per heavy atom. The fourth-order valence-electron chi connectivity index (χ4n) is 2.06. The number of amides is 1. The number of carbonyl (C=O) groups is 1. The normalized spacial score (nSPS) is 12.0. The van der Waals surface area contributed by atoms with E-state index in [4.69, 9.17) is 0 Å². The lowest BCUT2D eigenvalue weighted by atomic mass is 10.1. The van der Waals surface area contributed by atoms with Gasteiger partial charge >= 0.3 is 0 Å². The third kappa shape index (κ3) is 3.96. The van der Waals surface area contributed by atoms with Crippen LogP contribution in [-0.4, -0.2) is 26.1 Å². The summed E-state index contributed by atoms with van der Waals surface area (Å²) in [6, 6.07) is 7.47.